The van der Waals surface area contributed by atoms with Crippen molar-refractivity contribution in [2.24, 2.45) is 9.98 Å². The number of pyridine rings is 2. The molecular weight excluding hydrogens is 969 g/mol. The molecule has 0 spiro atoms. The van der Waals surface area contributed by atoms with Gasteiger partial charge in [-0.15, -0.1) is 0 Å². The SMILES string of the molecule is CC#N.O=S(=O)([O-])C(F)(F)F.[Fe+3].[O-]c1ccc(I)cc1C=Nc1cccc2cccnc12.[O-]c1ccc(I)cc1C=Nc1cccc2cccnc12. The summed E-state index contributed by atoms with van der Waals surface area (Å²) in [5, 5.41) is 32.9. The first-order chi connectivity index (χ1) is 24.1. The molecule has 0 aliphatic rings. The Hall–Kier alpha value is -4.19. The van der Waals surface area contributed by atoms with Crippen LogP contribution in [0.3, 0.4) is 0 Å². The van der Waals surface area contributed by atoms with Crippen molar-refractivity contribution in [1.82, 2.24) is 9.97 Å². The smallest absolute Gasteiger partial charge is 0.872 e. The predicted octanol–water partition coefficient (Wildman–Crippen LogP) is 7.91. The van der Waals surface area contributed by atoms with Gasteiger partial charge in [-0.3, -0.25) is 20.0 Å². The van der Waals surface area contributed by atoms with E-state index in [1.54, 1.807) is 55.2 Å². The first-order valence-corrected chi connectivity index (χ1v) is 17.7. The molecule has 2 aromatic heterocycles. The molecule has 6 aromatic rings. The van der Waals surface area contributed by atoms with Crippen LogP contribution in [0.25, 0.3) is 21.8 Å². The molecule has 0 saturated carbocycles. The number of halogens is 5. The van der Waals surface area contributed by atoms with E-state index in [1.807, 2.05) is 72.8 Å². The Morgan fingerprint density at radius 2 is 1.08 bits per heavy atom. The van der Waals surface area contributed by atoms with Crippen molar-refractivity contribution in [2.45, 2.75) is 12.4 Å². The zero-order chi connectivity index (χ0) is 37.6. The van der Waals surface area contributed by atoms with Gasteiger partial charge in [0.15, 0.2) is 10.1 Å². The monoisotopic (exact) mass is 992 g/mol. The van der Waals surface area contributed by atoms with Crippen molar-refractivity contribution in [3.05, 3.63) is 128 Å². The molecule has 0 fully saturated rings. The Labute approximate surface area is 334 Å². The van der Waals surface area contributed by atoms with E-state index in [2.05, 4.69) is 65.1 Å². The summed E-state index contributed by atoms with van der Waals surface area (Å²) in [6.45, 7) is 1.43. The number of rotatable bonds is 4. The predicted molar refractivity (Wildman–Crippen MR) is 202 cm³/mol. The molecule has 10 nitrogen and oxygen atoms in total. The number of alkyl halides is 3. The minimum Gasteiger partial charge on any atom is -0.872 e. The van der Waals surface area contributed by atoms with Gasteiger partial charge in [-0.1, -0.05) is 60.0 Å². The Bertz CT molecular complexity index is 2190. The second-order valence-electron chi connectivity index (χ2n) is 9.71. The van der Waals surface area contributed by atoms with Crippen LogP contribution in [0.5, 0.6) is 11.5 Å². The zero-order valence-electron chi connectivity index (χ0n) is 26.5. The van der Waals surface area contributed by atoms with Crippen LogP contribution in [-0.2, 0) is 27.2 Å². The minimum absolute atomic E-state index is 0. The summed E-state index contributed by atoms with van der Waals surface area (Å²) in [6, 6.07) is 31.5. The van der Waals surface area contributed by atoms with Gasteiger partial charge < -0.3 is 14.8 Å². The number of aromatic nitrogens is 2. The van der Waals surface area contributed by atoms with E-state index < -0.39 is 15.6 Å². The first-order valence-electron chi connectivity index (χ1n) is 14.2. The Balaban J connectivity index is 0.000000278. The van der Waals surface area contributed by atoms with E-state index in [-0.39, 0.29) is 28.6 Å². The topological polar surface area (TPSA) is 178 Å². The van der Waals surface area contributed by atoms with Crippen LogP contribution in [0, 0.1) is 18.5 Å². The van der Waals surface area contributed by atoms with Crippen LogP contribution >= 0.6 is 45.2 Å². The molecule has 0 aliphatic heterocycles. The van der Waals surface area contributed by atoms with Gasteiger partial charge in [-0.2, -0.15) is 18.4 Å². The van der Waals surface area contributed by atoms with E-state index in [0.717, 1.165) is 40.3 Å². The fourth-order valence-electron chi connectivity index (χ4n) is 3.90. The quantitative estimate of drug-likeness (QED) is 0.0563. The first kappa shape index (κ1) is 44.0. The molecule has 0 atom stereocenters. The maximum absolute atomic E-state index is 11.7. The summed E-state index contributed by atoms with van der Waals surface area (Å²) in [7, 11) is -6.09. The minimum atomic E-state index is -6.09. The van der Waals surface area contributed by atoms with Gasteiger partial charge in [0.25, 0.3) is 0 Å². The van der Waals surface area contributed by atoms with Crippen LogP contribution in [0.4, 0.5) is 24.5 Å². The molecule has 17 heteroatoms. The number of hydrogen-bond acceptors (Lipinski definition) is 10. The fraction of sp³-hybridized carbons (Fsp3) is 0.0571. The van der Waals surface area contributed by atoms with E-state index in [9.17, 15) is 23.4 Å². The Kier molecular flexibility index (Phi) is 17.5. The molecule has 0 unspecified atom stereocenters. The number of benzene rings is 4. The van der Waals surface area contributed by atoms with Crippen LogP contribution in [0.2, 0.25) is 0 Å². The average Bonchev–Trinajstić information content (AvgIpc) is 3.09. The van der Waals surface area contributed by atoms with Crippen molar-refractivity contribution in [1.29, 1.82) is 5.26 Å². The Morgan fingerprint density at radius 3 is 1.42 bits per heavy atom. The molecule has 52 heavy (non-hydrogen) atoms. The van der Waals surface area contributed by atoms with Crippen LogP contribution in [0.15, 0.2) is 119 Å². The maximum Gasteiger partial charge on any atom is 3.00 e. The average molecular weight is 992 g/mol. The van der Waals surface area contributed by atoms with Gasteiger partial charge in [0.05, 0.1) is 28.5 Å². The molecule has 0 saturated heterocycles. The molecule has 4 aromatic carbocycles. The molecule has 267 valence electrons. The molecule has 0 bridgehead atoms. The molecule has 0 aliphatic carbocycles. The van der Waals surface area contributed by atoms with Crippen LogP contribution in [0.1, 0.15) is 18.1 Å². The van der Waals surface area contributed by atoms with Crippen molar-refractivity contribution < 1.29 is 53.4 Å². The summed E-state index contributed by atoms with van der Waals surface area (Å²) < 4.78 is 60.9. The molecule has 0 amide bonds. The summed E-state index contributed by atoms with van der Waals surface area (Å²) in [5.41, 5.74) is -1.27. The molecular formula is C35H23F3FeI2N5O5S. The van der Waals surface area contributed by atoms with Crippen molar-refractivity contribution in [3.63, 3.8) is 0 Å². The second-order valence-corrected chi connectivity index (χ2v) is 13.6. The number of nitrogens with zero attached hydrogens (tertiary/aromatic N) is 5. The largest absolute Gasteiger partial charge is 3.00 e. The molecule has 6 rings (SSSR count). The van der Waals surface area contributed by atoms with Gasteiger partial charge in [0, 0.05) is 49.7 Å². The molecule has 1 radical (unpaired) electrons. The number of nitriles is 1. The van der Waals surface area contributed by atoms with Crippen LogP contribution in [-0.4, -0.2) is 40.9 Å². The van der Waals surface area contributed by atoms with Crippen LogP contribution < -0.4 is 10.2 Å². The molecule has 2 heterocycles. The normalized spacial score (nSPS) is 11.0. The van der Waals surface area contributed by atoms with Gasteiger partial charge in [0.2, 0.25) is 0 Å². The van der Waals surface area contributed by atoms with Crippen molar-refractivity contribution >= 4 is 101 Å². The maximum atomic E-state index is 11.7. The number of aliphatic imine (C=N–C) groups is 2. The number of hydrogen-bond donors (Lipinski definition) is 0. The van der Waals surface area contributed by atoms with Crippen molar-refractivity contribution in [2.75, 3.05) is 0 Å². The van der Waals surface area contributed by atoms with E-state index >= 15 is 0 Å². The van der Waals surface area contributed by atoms with E-state index in [1.165, 1.54) is 6.92 Å². The second kappa shape index (κ2) is 20.7. The van der Waals surface area contributed by atoms with Crippen molar-refractivity contribution in [3.8, 4) is 17.6 Å². The standard InChI is InChI=1S/2C16H11IN2O.C2H3N.CHF3O3S.Fe/c2*17-13-6-7-15(20)12(9-13)10-19-14-5-1-3-11-4-2-8-18-16(11)14;1-2-3;2-1(3,4)8(5,6)7;/h2*1-10,20H;1H3;(H,5,6,7);/q;;;;+3/p-3. The van der Waals surface area contributed by atoms with Gasteiger partial charge in [0.1, 0.15) is 0 Å². The Morgan fingerprint density at radius 1 is 0.731 bits per heavy atom. The zero-order valence-corrected chi connectivity index (χ0v) is 32.7. The van der Waals surface area contributed by atoms with Gasteiger partial charge >= 0.3 is 22.6 Å². The fourth-order valence-corrected chi connectivity index (χ4v) is 4.93. The number of para-hydroxylation sites is 2. The third kappa shape index (κ3) is 13.4. The summed E-state index contributed by atoms with van der Waals surface area (Å²) in [4.78, 5) is 17.5. The summed E-state index contributed by atoms with van der Waals surface area (Å²) >= 11 is 4.36. The summed E-state index contributed by atoms with van der Waals surface area (Å²) in [5.74, 6) is -0.0512. The van der Waals surface area contributed by atoms with Gasteiger partial charge in [-0.25, -0.2) is 8.42 Å². The summed E-state index contributed by atoms with van der Waals surface area (Å²) in [6.07, 6.45) is 6.69. The van der Waals surface area contributed by atoms with E-state index in [4.69, 9.17) is 18.2 Å². The van der Waals surface area contributed by atoms with E-state index in [0.29, 0.717) is 11.1 Å². The van der Waals surface area contributed by atoms with Gasteiger partial charge in [-0.05, 0) is 105 Å². The molecule has 0 N–H and O–H groups in total. The third-order valence-corrected chi connectivity index (χ3v) is 8.04. The third-order valence-electron chi connectivity index (χ3n) is 6.14. The number of fused-ring (bicyclic) bond motifs is 2.